The Hall–Kier alpha value is -5.42. The topological polar surface area (TPSA) is 152 Å². The van der Waals surface area contributed by atoms with Crippen LogP contribution in [0.1, 0.15) is 43.0 Å². The maximum absolute atomic E-state index is 14.2. The molecule has 2 saturated heterocycles. The third-order valence-corrected chi connectivity index (χ3v) is 11.5. The minimum atomic E-state index is -1.61. The predicted molar refractivity (Wildman–Crippen MR) is 233 cm³/mol. The van der Waals surface area contributed by atoms with Gasteiger partial charge in [0.15, 0.2) is 12.6 Å². The first-order chi connectivity index (χ1) is 31.4. The number of carbonyl (C=O) groups is 2. The number of imide groups is 1. The number of aliphatic hydroxyl groups is 2. The van der Waals surface area contributed by atoms with Crippen LogP contribution in [0.4, 0.5) is 0 Å². The Labute approximate surface area is 372 Å². The molecule has 2 N–H and O–H groups in total. The minimum Gasteiger partial charge on any atom is -0.394 e. The van der Waals surface area contributed by atoms with Crippen molar-refractivity contribution >= 4 is 11.8 Å². The molecule has 0 radical (unpaired) electrons. The van der Waals surface area contributed by atoms with E-state index in [0.717, 1.165) is 27.2 Å². The Morgan fingerprint density at radius 1 is 0.547 bits per heavy atom. The van der Waals surface area contributed by atoms with E-state index in [2.05, 4.69) is 6.58 Å². The second-order valence-electron chi connectivity index (χ2n) is 15.8. The molecule has 64 heavy (non-hydrogen) atoms. The van der Waals surface area contributed by atoms with Crippen molar-refractivity contribution in [2.24, 2.45) is 0 Å². The summed E-state index contributed by atoms with van der Waals surface area (Å²) in [6.45, 7) is 3.82. The normalized spacial score (nSPS) is 26.8. The monoisotopic (exact) mass is 871 g/mol. The van der Waals surface area contributed by atoms with Crippen LogP contribution >= 0.6 is 0 Å². The summed E-state index contributed by atoms with van der Waals surface area (Å²) < 4.78 is 52.9. The summed E-state index contributed by atoms with van der Waals surface area (Å²) in [7, 11) is 0. The molecule has 2 fully saturated rings. The molecule has 13 nitrogen and oxygen atoms in total. The lowest BCUT2D eigenvalue weighted by Gasteiger charge is -2.50. The van der Waals surface area contributed by atoms with Gasteiger partial charge in [-0.05, 0) is 34.4 Å². The largest absolute Gasteiger partial charge is 0.394 e. The fourth-order valence-electron chi connectivity index (χ4n) is 8.27. The Bertz CT molecular complexity index is 2210. The van der Waals surface area contributed by atoms with Crippen LogP contribution in [-0.4, -0.2) is 108 Å². The molecule has 3 aliphatic rings. The third-order valence-electron chi connectivity index (χ3n) is 11.5. The molecule has 2 amide bonds. The van der Waals surface area contributed by atoms with Crippen molar-refractivity contribution in [3.8, 4) is 0 Å². The Balaban J connectivity index is 1.20. The molecule has 3 heterocycles. The van der Waals surface area contributed by atoms with Crippen LogP contribution < -0.4 is 0 Å². The smallest absolute Gasteiger partial charge is 0.262 e. The number of benzene rings is 5. The molecular weight excluding hydrogens is 819 g/mol. The molecule has 0 saturated carbocycles. The Kier molecular flexibility index (Phi) is 15.5. The second-order valence-corrected chi connectivity index (χ2v) is 15.8. The van der Waals surface area contributed by atoms with E-state index >= 15 is 0 Å². The van der Waals surface area contributed by atoms with Crippen LogP contribution in [-0.2, 0) is 64.3 Å². The van der Waals surface area contributed by atoms with Gasteiger partial charge in [0.1, 0.15) is 48.8 Å². The number of carbonyl (C=O) groups excluding carboxylic acids is 2. The van der Waals surface area contributed by atoms with Gasteiger partial charge in [-0.3, -0.25) is 14.5 Å². The first-order valence-electron chi connectivity index (χ1n) is 21.5. The molecule has 5 aromatic rings. The second kappa shape index (κ2) is 22.0. The zero-order valence-electron chi connectivity index (χ0n) is 35.3. The van der Waals surface area contributed by atoms with Crippen LogP contribution in [0, 0.1) is 0 Å². The first kappa shape index (κ1) is 45.2. The predicted octanol–water partition coefficient (Wildman–Crippen LogP) is 6.02. The minimum absolute atomic E-state index is 0.0211. The Morgan fingerprint density at radius 3 is 1.50 bits per heavy atom. The molecule has 5 aromatic carbocycles. The van der Waals surface area contributed by atoms with Crippen molar-refractivity contribution in [3.63, 3.8) is 0 Å². The molecule has 3 aliphatic heterocycles. The average Bonchev–Trinajstić information content (AvgIpc) is 3.59. The molecule has 13 heteroatoms. The van der Waals surface area contributed by atoms with E-state index in [1.165, 1.54) is 6.08 Å². The molecule has 0 aliphatic carbocycles. The zero-order chi connectivity index (χ0) is 44.3. The van der Waals surface area contributed by atoms with Gasteiger partial charge in [-0.25, -0.2) is 0 Å². The SMILES string of the molecule is C=CCO[C@H]1O[C@H](CO)[C@@H](O)[C@@H](O[C@@H]2O[C@H](COCc3ccccc3)[C@@H](OCc3ccccc3)[C@H](OCc3ccccc3)[C@H]2OCc2ccccc2)[C@H]1N1C(=O)c2ccccc2C1=O. The maximum atomic E-state index is 14.2. The Morgan fingerprint density at radius 2 is 1.00 bits per heavy atom. The van der Waals surface area contributed by atoms with Crippen LogP contribution in [0.25, 0.3) is 0 Å². The number of rotatable bonds is 20. The van der Waals surface area contributed by atoms with Crippen molar-refractivity contribution < 1.29 is 57.7 Å². The molecule has 334 valence electrons. The van der Waals surface area contributed by atoms with Crippen molar-refractivity contribution in [2.45, 2.75) is 87.8 Å². The first-order valence-corrected chi connectivity index (χ1v) is 21.5. The van der Waals surface area contributed by atoms with Gasteiger partial charge in [0.05, 0.1) is 57.4 Å². The number of nitrogens with zero attached hydrogens (tertiary/aromatic N) is 1. The van der Waals surface area contributed by atoms with Gasteiger partial charge in [0, 0.05) is 0 Å². The molecule has 0 unspecified atom stereocenters. The van der Waals surface area contributed by atoms with Gasteiger partial charge in [0.2, 0.25) is 0 Å². The van der Waals surface area contributed by atoms with E-state index in [9.17, 15) is 19.8 Å². The van der Waals surface area contributed by atoms with Gasteiger partial charge in [-0.1, -0.05) is 140 Å². The highest BCUT2D eigenvalue weighted by molar-refractivity contribution is 6.21. The molecule has 0 bridgehead atoms. The fourth-order valence-corrected chi connectivity index (χ4v) is 8.27. The summed E-state index contributed by atoms with van der Waals surface area (Å²) in [5, 5.41) is 22.7. The van der Waals surface area contributed by atoms with E-state index in [1.54, 1.807) is 24.3 Å². The van der Waals surface area contributed by atoms with Gasteiger partial charge >= 0.3 is 0 Å². The molecule has 10 atom stereocenters. The molecular formula is C51H53NO12. The van der Waals surface area contributed by atoms with Crippen molar-refractivity contribution in [3.05, 3.63) is 192 Å². The summed E-state index contributed by atoms with van der Waals surface area (Å²) in [5.74, 6) is -1.26. The molecule has 0 spiro atoms. The van der Waals surface area contributed by atoms with Crippen molar-refractivity contribution in [2.75, 3.05) is 19.8 Å². The van der Waals surface area contributed by atoms with Crippen LogP contribution in [0.5, 0.6) is 0 Å². The number of fused-ring (bicyclic) bond motifs is 1. The lowest BCUT2D eigenvalue weighted by atomic mass is 9.94. The number of aliphatic hydroxyl groups excluding tert-OH is 2. The van der Waals surface area contributed by atoms with Crippen LogP contribution in [0.15, 0.2) is 158 Å². The van der Waals surface area contributed by atoms with E-state index in [4.69, 9.17) is 37.9 Å². The molecule has 0 aromatic heterocycles. The summed E-state index contributed by atoms with van der Waals surface area (Å²) in [5.41, 5.74) is 3.96. The summed E-state index contributed by atoms with van der Waals surface area (Å²) >= 11 is 0. The van der Waals surface area contributed by atoms with E-state index in [1.807, 2.05) is 121 Å². The number of hydrogen-bond acceptors (Lipinski definition) is 12. The fraction of sp³-hybridized carbons (Fsp3) is 0.333. The van der Waals surface area contributed by atoms with Gasteiger partial charge < -0.3 is 48.1 Å². The quantitative estimate of drug-likeness (QED) is 0.0696. The third kappa shape index (κ3) is 10.6. The number of ether oxygens (including phenoxy) is 8. The highest BCUT2D eigenvalue weighted by Gasteiger charge is 2.57. The van der Waals surface area contributed by atoms with Gasteiger partial charge in [0.25, 0.3) is 11.8 Å². The standard InChI is InChI=1S/C51H53NO12/c1-2-27-58-50-42(52-48(55)38-25-15-16-26-39(38)49(52)56)45(43(54)40(28-53)62-50)64-51-47(61-32-37-23-13-6-14-24-37)46(60-31-36-21-11-5-12-22-36)44(59-30-35-19-9-4-10-20-35)41(63-51)33-57-29-34-17-7-3-8-18-34/h2-26,40-47,50-51,53-54H,1,27-33H2/t40-,41-,42-,43-,44-,45+,46+,47-,50+,51+/m1/s1. The number of hydrogen-bond donors (Lipinski definition) is 2. The molecule has 8 rings (SSSR count). The number of amides is 2. The summed E-state index contributed by atoms with van der Waals surface area (Å²) in [4.78, 5) is 29.4. The van der Waals surface area contributed by atoms with Crippen molar-refractivity contribution in [1.82, 2.24) is 4.90 Å². The van der Waals surface area contributed by atoms with Gasteiger partial charge in [-0.2, -0.15) is 0 Å². The lowest BCUT2D eigenvalue weighted by Crippen LogP contribution is -2.69. The summed E-state index contributed by atoms with van der Waals surface area (Å²) in [6, 6.07) is 43.8. The van der Waals surface area contributed by atoms with Gasteiger partial charge in [-0.15, -0.1) is 6.58 Å². The summed E-state index contributed by atoms with van der Waals surface area (Å²) in [6.07, 6.45) is -9.18. The van der Waals surface area contributed by atoms with Crippen LogP contribution in [0.3, 0.4) is 0 Å². The average molecular weight is 872 g/mol. The van der Waals surface area contributed by atoms with E-state index in [-0.39, 0.29) is 50.8 Å². The zero-order valence-corrected chi connectivity index (χ0v) is 35.3. The highest BCUT2D eigenvalue weighted by atomic mass is 16.7. The lowest BCUT2D eigenvalue weighted by molar-refractivity contribution is -0.362. The highest BCUT2D eigenvalue weighted by Crippen LogP contribution is 2.38. The van der Waals surface area contributed by atoms with E-state index in [0.29, 0.717) is 0 Å². The maximum Gasteiger partial charge on any atom is 0.262 e. The van der Waals surface area contributed by atoms with E-state index < -0.39 is 79.8 Å². The van der Waals surface area contributed by atoms with Crippen molar-refractivity contribution in [1.29, 1.82) is 0 Å². The van der Waals surface area contributed by atoms with Crippen LogP contribution in [0.2, 0.25) is 0 Å².